The summed E-state index contributed by atoms with van der Waals surface area (Å²) in [6.07, 6.45) is 0.512. The second kappa shape index (κ2) is 11.1. The number of hydrogen-bond acceptors (Lipinski definition) is 4. The van der Waals surface area contributed by atoms with Gasteiger partial charge in [-0.25, -0.2) is 0 Å². The van der Waals surface area contributed by atoms with Crippen molar-refractivity contribution in [2.45, 2.75) is 39.8 Å². The number of benzene rings is 2. The Kier molecular flexibility index (Phi) is 8.52. The molecular weight excluding hydrogens is 368 g/mol. The van der Waals surface area contributed by atoms with E-state index in [1.54, 1.807) is 12.0 Å². The smallest absolute Gasteiger partial charge is 0.261 e. The molecule has 1 N–H and O–H groups in total. The second-order valence-corrected chi connectivity index (χ2v) is 6.74. The van der Waals surface area contributed by atoms with Gasteiger partial charge in [0, 0.05) is 13.1 Å². The van der Waals surface area contributed by atoms with Gasteiger partial charge in [-0.15, -0.1) is 0 Å². The largest absolute Gasteiger partial charge is 0.497 e. The van der Waals surface area contributed by atoms with Gasteiger partial charge >= 0.3 is 0 Å². The van der Waals surface area contributed by atoms with Crippen LogP contribution < -0.4 is 14.8 Å². The molecule has 0 spiro atoms. The molecule has 0 aliphatic rings. The molecule has 0 radical (unpaired) electrons. The van der Waals surface area contributed by atoms with Gasteiger partial charge in [-0.1, -0.05) is 37.3 Å². The zero-order valence-corrected chi connectivity index (χ0v) is 17.6. The summed E-state index contributed by atoms with van der Waals surface area (Å²) in [5.41, 5.74) is 1.87. The van der Waals surface area contributed by atoms with Gasteiger partial charge in [-0.2, -0.15) is 0 Å². The third-order valence-corrected chi connectivity index (χ3v) is 4.69. The molecule has 1 atom stereocenters. The Labute approximate surface area is 172 Å². The molecule has 0 fully saturated rings. The number of carbonyl (C=O) groups is 2. The minimum atomic E-state index is -0.565. The third kappa shape index (κ3) is 6.24. The molecule has 0 saturated heterocycles. The number of rotatable bonds is 10. The molecule has 2 aromatic rings. The Hall–Kier alpha value is -3.02. The fourth-order valence-corrected chi connectivity index (χ4v) is 3.08. The van der Waals surface area contributed by atoms with E-state index in [1.165, 1.54) is 0 Å². The maximum Gasteiger partial charge on any atom is 0.261 e. The van der Waals surface area contributed by atoms with Gasteiger partial charge in [0.05, 0.1) is 7.11 Å². The van der Waals surface area contributed by atoms with Crippen LogP contribution in [0.25, 0.3) is 0 Å². The molecule has 0 unspecified atom stereocenters. The predicted molar refractivity (Wildman–Crippen MR) is 113 cm³/mol. The number of aryl methyl sites for hydroxylation is 1. The van der Waals surface area contributed by atoms with E-state index in [9.17, 15) is 9.59 Å². The van der Waals surface area contributed by atoms with Crippen LogP contribution in [-0.4, -0.2) is 43.0 Å². The lowest BCUT2D eigenvalue weighted by atomic mass is 10.1. The van der Waals surface area contributed by atoms with Gasteiger partial charge in [-0.05, 0) is 49.6 Å². The molecule has 0 saturated carbocycles. The summed E-state index contributed by atoms with van der Waals surface area (Å²) in [5.74, 6) is 1.01. The minimum absolute atomic E-state index is 0.128. The van der Waals surface area contributed by atoms with Crippen molar-refractivity contribution in [3.8, 4) is 11.5 Å². The molecule has 2 aromatic carbocycles. The summed E-state index contributed by atoms with van der Waals surface area (Å²) in [6, 6.07) is 14.5. The van der Waals surface area contributed by atoms with E-state index >= 15 is 0 Å². The van der Waals surface area contributed by atoms with E-state index in [0.29, 0.717) is 25.3 Å². The standard InChI is InChI=1S/C23H30N2O4/c1-5-20(23(27)24-6-2)25(15-18-11-13-19(28-4)14-12-18)22(26)16-29-21-10-8-7-9-17(21)3/h7-14,20H,5-6,15-16H2,1-4H3,(H,24,27)/t20-/m1/s1. The number of nitrogens with one attached hydrogen (secondary N) is 1. The van der Waals surface area contributed by atoms with Crippen LogP contribution in [0.5, 0.6) is 11.5 Å². The minimum Gasteiger partial charge on any atom is -0.497 e. The van der Waals surface area contributed by atoms with Crippen molar-refractivity contribution in [3.05, 3.63) is 59.7 Å². The molecule has 156 valence electrons. The molecule has 2 amide bonds. The molecule has 0 aliphatic heterocycles. The fraction of sp³-hybridized carbons (Fsp3) is 0.391. The maximum absolute atomic E-state index is 13.1. The molecule has 0 aromatic heterocycles. The molecule has 29 heavy (non-hydrogen) atoms. The Bertz CT molecular complexity index is 805. The number of amides is 2. The lowest BCUT2D eigenvalue weighted by Gasteiger charge is -2.30. The number of hydrogen-bond donors (Lipinski definition) is 1. The number of likely N-dealkylation sites (N-methyl/N-ethyl adjacent to an activating group) is 1. The van der Waals surface area contributed by atoms with Gasteiger partial charge in [-0.3, -0.25) is 9.59 Å². The van der Waals surface area contributed by atoms with Crippen molar-refractivity contribution < 1.29 is 19.1 Å². The van der Waals surface area contributed by atoms with Crippen LogP contribution >= 0.6 is 0 Å². The first-order valence-electron chi connectivity index (χ1n) is 9.88. The van der Waals surface area contributed by atoms with E-state index < -0.39 is 6.04 Å². The quantitative estimate of drug-likeness (QED) is 0.667. The van der Waals surface area contributed by atoms with Crippen LogP contribution in [0.4, 0.5) is 0 Å². The Morgan fingerprint density at radius 1 is 1.07 bits per heavy atom. The van der Waals surface area contributed by atoms with Crippen LogP contribution in [-0.2, 0) is 16.1 Å². The third-order valence-electron chi connectivity index (χ3n) is 4.69. The van der Waals surface area contributed by atoms with Crippen molar-refractivity contribution in [2.24, 2.45) is 0 Å². The molecule has 0 aliphatic carbocycles. The lowest BCUT2D eigenvalue weighted by Crippen LogP contribution is -2.50. The number of nitrogens with zero attached hydrogens (tertiary/aromatic N) is 1. The summed E-state index contributed by atoms with van der Waals surface area (Å²) in [5, 5.41) is 2.83. The first-order chi connectivity index (χ1) is 14.0. The highest BCUT2D eigenvalue weighted by Gasteiger charge is 2.28. The van der Waals surface area contributed by atoms with Crippen molar-refractivity contribution in [3.63, 3.8) is 0 Å². The number of ether oxygens (including phenoxy) is 2. The highest BCUT2D eigenvalue weighted by atomic mass is 16.5. The highest BCUT2D eigenvalue weighted by Crippen LogP contribution is 2.19. The molecule has 0 bridgehead atoms. The predicted octanol–water partition coefficient (Wildman–Crippen LogP) is 3.33. The zero-order chi connectivity index (χ0) is 21.2. The van der Waals surface area contributed by atoms with Crippen LogP contribution in [0.15, 0.2) is 48.5 Å². The molecular formula is C23H30N2O4. The van der Waals surface area contributed by atoms with Gasteiger partial charge < -0.3 is 19.7 Å². The number of carbonyl (C=O) groups excluding carboxylic acids is 2. The molecule has 6 nitrogen and oxygen atoms in total. The van der Waals surface area contributed by atoms with Crippen LogP contribution in [0.3, 0.4) is 0 Å². The SMILES string of the molecule is CCNC(=O)[C@@H](CC)N(Cc1ccc(OC)cc1)C(=O)COc1ccccc1C. The summed E-state index contributed by atoms with van der Waals surface area (Å²) >= 11 is 0. The average Bonchev–Trinajstić information content (AvgIpc) is 2.73. The second-order valence-electron chi connectivity index (χ2n) is 6.74. The summed E-state index contributed by atoms with van der Waals surface area (Å²) in [7, 11) is 1.61. The molecule has 2 rings (SSSR count). The van der Waals surface area contributed by atoms with Crippen molar-refractivity contribution in [1.82, 2.24) is 10.2 Å². The summed E-state index contributed by atoms with van der Waals surface area (Å²) < 4.78 is 10.9. The first kappa shape index (κ1) is 22.3. The fourth-order valence-electron chi connectivity index (χ4n) is 3.08. The van der Waals surface area contributed by atoms with Crippen LogP contribution in [0.1, 0.15) is 31.4 Å². The normalized spacial score (nSPS) is 11.4. The topological polar surface area (TPSA) is 67.9 Å². The number of para-hydroxylation sites is 1. The van der Waals surface area contributed by atoms with Gasteiger partial charge in [0.2, 0.25) is 5.91 Å². The van der Waals surface area contributed by atoms with Gasteiger partial charge in [0.25, 0.3) is 5.91 Å². The van der Waals surface area contributed by atoms with Crippen LogP contribution in [0.2, 0.25) is 0 Å². The average molecular weight is 399 g/mol. The van der Waals surface area contributed by atoms with E-state index in [-0.39, 0.29) is 18.4 Å². The Morgan fingerprint density at radius 3 is 2.34 bits per heavy atom. The van der Waals surface area contributed by atoms with Crippen molar-refractivity contribution in [2.75, 3.05) is 20.3 Å². The first-order valence-corrected chi connectivity index (χ1v) is 9.88. The number of methoxy groups -OCH3 is 1. The van der Waals surface area contributed by atoms with Gasteiger partial charge in [0.1, 0.15) is 17.5 Å². The van der Waals surface area contributed by atoms with Crippen LogP contribution in [0, 0.1) is 6.92 Å². The van der Waals surface area contributed by atoms with E-state index in [1.807, 2.05) is 69.3 Å². The van der Waals surface area contributed by atoms with Crippen molar-refractivity contribution >= 4 is 11.8 Å². The summed E-state index contributed by atoms with van der Waals surface area (Å²) in [4.78, 5) is 27.2. The highest BCUT2D eigenvalue weighted by molar-refractivity contribution is 5.88. The van der Waals surface area contributed by atoms with Crippen molar-refractivity contribution in [1.29, 1.82) is 0 Å². The van der Waals surface area contributed by atoms with Gasteiger partial charge in [0.15, 0.2) is 6.61 Å². The Morgan fingerprint density at radius 2 is 1.76 bits per heavy atom. The van der Waals surface area contributed by atoms with E-state index in [4.69, 9.17) is 9.47 Å². The lowest BCUT2D eigenvalue weighted by molar-refractivity contribution is -0.142. The Balaban J connectivity index is 2.20. The van der Waals surface area contributed by atoms with E-state index in [2.05, 4.69) is 5.32 Å². The summed E-state index contributed by atoms with van der Waals surface area (Å²) in [6.45, 7) is 6.39. The van der Waals surface area contributed by atoms with E-state index in [0.717, 1.165) is 16.9 Å². The molecule has 0 heterocycles. The zero-order valence-electron chi connectivity index (χ0n) is 17.6. The maximum atomic E-state index is 13.1. The molecule has 6 heteroatoms. The monoisotopic (exact) mass is 398 g/mol.